The maximum atomic E-state index is 6.05. The molecular formula is C24H30N8O2. The highest BCUT2D eigenvalue weighted by Crippen LogP contribution is 2.38. The van der Waals surface area contributed by atoms with Gasteiger partial charge < -0.3 is 14.4 Å². The number of fused-ring (bicyclic) bond motifs is 1. The molecule has 0 saturated carbocycles. The van der Waals surface area contributed by atoms with Gasteiger partial charge in [0.2, 0.25) is 0 Å². The molecule has 0 aromatic carbocycles. The van der Waals surface area contributed by atoms with E-state index in [9.17, 15) is 0 Å². The number of pyridine rings is 1. The van der Waals surface area contributed by atoms with E-state index in [2.05, 4.69) is 28.1 Å². The van der Waals surface area contributed by atoms with Crippen LogP contribution in [0.15, 0.2) is 30.6 Å². The molecule has 1 unspecified atom stereocenters. The predicted molar refractivity (Wildman–Crippen MR) is 128 cm³/mol. The molecule has 10 heteroatoms. The van der Waals surface area contributed by atoms with Gasteiger partial charge in [0.1, 0.15) is 16.7 Å². The highest BCUT2D eigenvalue weighted by molar-refractivity contribution is 5.99. The first-order chi connectivity index (χ1) is 16.6. The number of nitrogens with zero attached hydrogens (tertiary/aromatic N) is 8. The highest BCUT2D eigenvalue weighted by atomic mass is 16.5. The lowest BCUT2D eigenvalue weighted by atomic mass is 10.1. The Labute approximate surface area is 198 Å². The first-order valence-electron chi connectivity index (χ1n) is 12.0. The first-order valence-corrected chi connectivity index (χ1v) is 12.0. The molecule has 0 aliphatic carbocycles. The normalized spacial score (nSPS) is 21.4. The van der Waals surface area contributed by atoms with Gasteiger partial charge in [-0.25, -0.2) is 9.67 Å². The Morgan fingerprint density at radius 2 is 1.85 bits per heavy atom. The SMILES string of the molecule is C[C@@H]1COCCN1c1cc(-c2ccnn2C)nc2c(-c3ccnn3C3CCCCO3)nn(C)c12. The molecule has 0 N–H and O–H groups in total. The fraction of sp³-hybridized carbons (Fsp3) is 0.500. The van der Waals surface area contributed by atoms with Crippen LogP contribution in [-0.2, 0) is 23.6 Å². The van der Waals surface area contributed by atoms with Crippen molar-refractivity contribution in [3.05, 3.63) is 30.6 Å². The van der Waals surface area contributed by atoms with Gasteiger partial charge in [0, 0.05) is 45.7 Å². The lowest BCUT2D eigenvalue weighted by Crippen LogP contribution is -2.44. The summed E-state index contributed by atoms with van der Waals surface area (Å²) in [6, 6.07) is 6.42. The van der Waals surface area contributed by atoms with E-state index in [1.54, 1.807) is 6.20 Å². The smallest absolute Gasteiger partial charge is 0.150 e. The predicted octanol–water partition coefficient (Wildman–Crippen LogP) is 3.16. The Balaban J connectivity index is 1.57. The molecule has 2 aliphatic rings. The summed E-state index contributed by atoms with van der Waals surface area (Å²) in [7, 11) is 3.93. The Morgan fingerprint density at radius 3 is 2.62 bits per heavy atom. The maximum absolute atomic E-state index is 6.05. The van der Waals surface area contributed by atoms with Crippen molar-refractivity contribution < 1.29 is 9.47 Å². The Morgan fingerprint density at radius 1 is 1.00 bits per heavy atom. The largest absolute Gasteiger partial charge is 0.377 e. The van der Waals surface area contributed by atoms with Gasteiger partial charge in [-0.2, -0.15) is 15.3 Å². The zero-order valence-electron chi connectivity index (χ0n) is 19.9. The zero-order valence-corrected chi connectivity index (χ0v) is 19.9. The minimum absolute atomic E-state index is 0.0743. The number of aromatic nitrogens is 7. The van der Waals surface area contributed by atoms with Gasteiger partial charge in [0.25, 0.3) is 0 Å². The second-order valence-electron chi connectivity index (χ2n) is 9.14. The van der Waals surface area contributed by atoms with E-state index in [1.165, 1.54) is 0 Å². The molecule has 2 saturated heterocycles. The average Bonchev–Trinajstić information content (AvgIpc) is 3.58. The summed E-state index contributed by atoms with van der Waals surface area (Å²) in [4.78, 5) is 7.54. The van der Waals surface area contributed by atoms with Crippen LogP contribution in [0.2, 0.25) is 0 Å². The van der Waals surface area contributed by atoms with Crippen molar-refractivity contribution in [3.63, 3.8) is 0 Å². The molecule has 6 heterocycles. The van der Waals surface area contributed by atoms with Crippen molar-refractivity contribution >= 4 is 16.7 Å². The Bertz CT molecular complexity index is 1320. The average molecular weight is 463 g/mol. The van der Waals surface area contributed by atoms with E-state index in [0.717, 1.165) is 71.9 Å². The van der Waals surface area contributed by atoms with Gasteiger partial charge >= 0.3 is 0 Å². The van der Waals surface area contributed by atoms with Crippen LogP contribution in [0, 0.1) is 0 Å². The first kappa shape index (κ1) is 21.3. The summed E-state index contributed by atoms with van der Waals surface area (Å²) >= 11 is 0. The lowest BCUT2D eigenvalue weighted by Gasteiger charge is -2.35. The molecule has 2 aliphatic heterocycles. The van der Waals surface area contributed by atoms with Gasteiger partial charge in [-0.15, -0.1) is 0 Å². The summed E-state index contributed by atoms with van der Waals surface area (Å²) in [6.45, 7) is 5.17. The number of hydrogen-bond donors (Lipinski definition) is 0. The number of ether oxygens (including phenoxy) is 2. The number of rotatable bonds is 4. The molecule has 0 spiro atoms. The molecule has 0 radical (unpaired) electrons. The van der Waals surface area contributed by atoms with E-state index >= 15 is 0 Å². The van der Waals surface area contributed by atoms with Crippen LogP contribution >= 0.6 is 0 Å². The standard InChI is InChI=1S/C24H30N8O2/c1-16-15-33-13-11-31(16)20-14-17(18-7-9-25-29(18)2)27-23-22(28-30(3)24(20)23)19-8-10-26-32(19)21-6-4-5-12-34-21/h7-10,14,16,21H,4-6,11-13,15H2,1-3H3/t16-,21?/m1/s1. The van der Waals surface area contributed by atoms with Crippen LogP contribution in [0.5, 0.6) is 0 Å². The molecule has 10 nitrogen and oxygen atoms in total. The van der Waals surface area contributed by atoms with Gasteiger partial charge in [-0.1, -0.05) is 0 Å². The Kier molecular flexibility index (Phi) is 5.34. The van der Waals surface area contributed by atoms with Crippen molar-refractivity contribution in [2.24, 2.45) is 14.1 Å². The van der Waals surface area contributed by atoms with Crippen molar-refractivity contribution in [1.82, 2.24) is 34.3 Å². The van der Waals surface area contributed by atoms with Crippen LogP contribution in [-0.4, -0.2) is 66.7 Å². The molecule has 34 heavy (non-hydrogen) atoms. The van der Waals surface area contributed by atoms with E-state index < -0.39 is 0 Å². The summed E-state index contributed by atoms with van der Waals surface area (Å²) in [5.41, 5.74) is 6.54. The molecule has 6 rings (SSSR count). The van der Waals surface area contributed by atoms with Crippen LogP contribution in [0.25, 0.3) is 33.8 Å². The van der Waals surface area contributed by atoms with Crippen LogP contribution in [0.3, 0.4) is 0 Å². The third-order valence-corrected chi connectivity index (χ3v) is 6.87. The molecule has 4 aromatic heterocycles. The summed E-state index contributed by atoms with van der Waals surface area (Å²) in [6.07, 6.45) is 6.73. The summed E-state index contributed by atoms with van der Waals surface area (Å²) in [5.74, 6) is 0. The molecule has 4 aromatic rings. The fourth-order valence-electron chi connectivity index (χ4n) is 5.14. The maximum Gasteiger partial charge on any atom is 0.150 e. The van der Waals surface area contributed by atoms with Crippen molar-refractivity contribution in [3.8, 4) is 22.8 Å². The minimum atomic E-state index is -0.0743. The van der Waals surface area contributed by atoms with Gasteiger partial charge in [-0.3, -0.25) is 9.36 Å². The Hall–Kier alpha value is -3.24. The van der Waals surface area contributed by atoms with Gasteiger partial charge in [0.05, 0.1) is 36.0 Å². The third kappa shape index (κ3) is 3.48. The molecule has 0 amide bonds. The van der Waals surface area contributed by atoms with E-state index in [4.69, 9.17) is 19.6 Å². The van der Waals surface area contributed by atoms with E-state index in [1.807, 2.05) is 46.5 Å². The quantitative estimate of drug-likeness (QED) is 0.460. The van der Waals surface area contributed by atoms with Crippen molar-refractivity contribution in [1.29, 1.82) is 0 Å². The van der Waals surface area contributed by atoms with E-state index in [-0.39, 0.29) is 12.3 Å². The molecule has 178 valence electrons. The van der Waals surface area contributed by atoms with Crippen molar-refractivity contribution in [2.75, 3.05) is 31.3 Å². The minimum Gasteiger partial charge on any atom is -0.377 e. The number of hydrogen-bond acceptors (Lipinski definition) is 7. The highest BCUT2D eigenvalue weighted by Gasteiger charge is 2.28. The van der Waals surface area contributed by atoms with Gasteiger partial charge in [0.15, 0.2) is 6.23 Å². The lowest BCUT2D eigenvalue weighted by molar-refractivity contribution is -0.0384. The van der Waals surface area contributed by atoms with Crippen LogP contribution in [0.4, 0.5) is 5.69 Å². The summed E-state index contributed by atoms with van der Waals surface area (Å²) < 4.78 is 17.5. The number of morpholine rings is 1. The van der Waals surface area contributed by atoms with Crippen LogP contribution < -0.4 is 4.90 Å². The topological polar surface area (TPSA) is 88.1 Å². The molecule has 2 atom stereocenters. The van der Waals surface area contributed by atoms with Crippen LogP contribution in [0.1, 0.15) is 32.4 Å². The molecule has 0 bridgehead atoms. The second kappa shape index (κ2) is 8.52. The number of anilines is 1. The monoisotopic (exact) mass is 462 g/mol. The summed E-state index contributed by atoms with van der Waals surface area (Å²) in [5, 5.41) is 14.0. The fourth-order valence-corrected chi connectivity index (χ4v) is 5.14. The third-order valence-electron chi connectivity index (χ3n) is 6.87. The number of aryl methyl sites for hydroxylation is 2. The van der Waals surface area contributed by atoms with Gasteiger partial charge in [-0.05, 0) is 44.4 Å². The molecular weight excluding hydrogens is 432 g/mol. The van der Waals surface area contributed by atoms with E-state index in [0.29, 0.717) is 13.2 Å². The molecule has 2 fully saturated rings. The zero-order chi connectivity index (χ0) is 23.2. The van der Waals surface area contributed by atoms with Crippen molar-refractivity contribution in [2.45, 2.75) is 38.5 Å². The second-order valence-corrected chi connectivity index (χ2v) is 9.14.